The maximum absolute atomic E-state index is 12.5. The van der Waals surface area contributed by atoms with Gasteiger partial charge in [0.05, 0.1) is 17.9 Å². The number of hydrogen-bond donors (Lipinski definition) is 0. The highest BCUT2D eigenvalue weighted by molar-refractivity contribution is 7.89. The molecule has 1 rings (SSSR count). The van der Waals surface area contributed by atoms with Crippen LogP contribution in [0, 0.1) is 12.8 Å². The number of esters is 1. The molecule has 1 aromatic rings. The van der Waals surface area contributed by atoms with Crippen LogP contribution in [0.25, 0.3) is 0 Å². The second kappa shape index (κ2) is 6.56. The molecule has 20 heavy (non-hydrogen) atoms. The van der Waals surface area contributed by atoms with E-state index in [2.05, 4.69) is 4.74 Å². The molecule has 0 saturated carbocycles. The van der Waals surface area contributed by atoms with Crippen LogP contribution >= 0.6 is 11.6 Å². The number of carbonyl (C=O) groups excluding carboxylic acids is 1. The fourth-order valence-electron chi connectivity index (χ4n) is 1.78. The van der Waals surface area contributed by atoms with Crippen molar-refractivity contribution in [2.24, 2.45) is 5.92 Å². The maximum atomic E-state index is 12.5. The average Bonchev–Trinajstić information content (AvgIpc) is 2.40. The number of nitrogens with zero attached hydrogens (tertiary/aromatic N) is 1. The zero-order valence-corrected chi connectivity index (χ0v) is 13.5. The number of carbonyl (C=O) groups is 1. The third kappa shape index (κ3) is 3.71. The van der Waals surface area contributed by atoms with E-state index in [1.54, 1.807) is 26.0 Å². The highest BCUT2D eigenvalue weighted by Crippen LogP contribution is 2.23. The van der Waals surface area contributed by atoms with E-state index in [1.807, 2.05) is 0 Å². The van der Waals surface area contributed by atoms with Gasteiger partial charge in [-0.3, -0.25) is 4.79 Å². The van der Waals surface area contributed by atoms with Gasteiger partial charge in [0, 0.05) is 18.6 Å². The Morgan fingerprint density at radius 1 is 1.45 bits per heavy atom. The van der Waals surface area contributed by atoms with Crippen molar-refractivity contribution in [3.8, 4) is 0 Å². The standard InChI is InChI=1S/C13H18ClNO4S/c1-9-5-6-11(14)7-12(9)20(17,18)15(3)8-10(2)13(16)19-4/h5-7,10H,8H2,1-4H3. The third-order valence-corrected chi connectivity index (χ3v) is 5.17. The summed E-state index contributed by atoms with van der Waals surface area (Å²) >= 11 is 5.85. The molecule has 0 amide bonds. The first-order valence-electron chi connectivity index (χ1n) is 6.00. The summed E-state index contributed by atoms with van der Waals surface area (Å²) in [5.41, 5.74) is 0.604. The molecule has 0 aliphatic rings. The van der Waals surface area contributed by atoms with Crippen molar-refractivity contribution >= 4 is 27.6 Å². The summed E-state index contributed by atoms with van der Waals surface area (Å²) in [4.78, 5) is 11.5. The van der Waals surface area contributed by atoms with E-state index in [-0.39, 0.29) is 11.4 Å². The van der Waals surface area contributed by atoms with Crippen LogP contribution in [0.1, 0.15) is 12.5 Å². The number of hydrogen-bond acceptors (Lipinski definition) is 4. The number of aryl methyl sites for hydroxylation is 1. The summed E-state index contributed by atoms with van der Waals surface area (Å²) in [6, 6.07) is 4.69. The molecule has 0 fully saturated rings. The molecule has 0 aromatic heterocycles. The number of sulfonamides is 1. The predicted molar refractivity (Wildman–Crippen MR) is 77.2 cm³/mol. The fraction of sp³-hybridized carbons (Fsp3) is 0.462. The van der Waals surface area contributed by atoms with Crippen molar-refractivity contribution in [2.45, 2.75) is 18.7 Å². The molecule has 0 saturated heterocycles. The Labute approximate surface area is 124 Å². The molecular weight excluding hydrogens is 302 g/mol. The molecule has 5 nitrogen and oxygen atoms in total. The number of benzene rings is 1. The first kappa shape index (κ1) is 16.9. The molecule has 1 unspecified atom stereocenters. The zero-order chi connectivity index (χ0) is 15.5. The lowest BCUT2D eigenvalue weighted by Gasteiger charge is -2.21. The van der Waals surface area contributed by atoms with Gasteiger partial charge in [0.15, 0.2) is 0 Å². The fourth-order valence-corrected chi connectivity index (χ4v) is 3.52. The van der Waals surface area contributed by atoms with Gasteiger partial charge in [0.2, 0.25) is 10.0 Å². The average molecular weight is 320 g/mol. The quantitative estimate of drug-likeness (QED) is 0.779. The topological polar surface area (TPSA) is 63.7 Å². The van der Waals surface area contributed by atoms with Gasteiger partial charge in [-0.05, 0) is 24.6 Å². The Hall–Kier alpha value is -1.11. The summed E-state index contributed by atoms with van der Waals surface area (Å²) in [5, 5.41) is 0.351. The van der Waals surface area contributed by atoms with Gasteiger partial charge in [-0.1, -0.05) is 24.6 Å². The second-order valence-electron chi connectivity index (χ2n) is 4.62. The Balaban J connectivity index is 3.04. The van der Waals surface area contributed by atoms with Gasteiger partial charge in [0.1, 0.15) is 0 Å². The van der Waals surface area contributed by atoms with Crippen LogP contribution in [0.4, 0.5) is 0 Å². The molecule has 0 N–H and O–H groups in total. The van der Waals surface area contributed by atoms with Gasteiger partial charge in [-0.25, -0.2) is 12.7 Å². The molecule has 0 aliphatic carbocycles. The summed E-state index contributed by atoms with van der Waals surface area (Å²) in [6.45, 7) is 3.35. The molecule has 0 radical (unpaired) electrons. The van der Waals surface area contributed by atoms with E-state index in [9.17, 15) is 13.2 Å². The zero-order valence-electron chi connectivity index (χ0n) is 11.9. The maximum Gasteiger partial charge on any atom is 0.309 e. The Kier molecular flexibility index (Phi) is 5.56. The van der Waals surface area contributed by atoms with Crippen LogP contribution in [0.5, 0.6) is 0 Å². The van der Waals surface area contributed by atoms with E-state index in [1.165, 1.54) is 20.2 Å². The molecule has 0 spiro atoms. The van der Waals surface area contributed by atoms with Crippen molar-refractivity contribution in [1.82, 2.24) is 4.31 Å². The van der Waals surface area contributed by atoms with Crippen LogP contribution in [-0.4, -0.2) is 39.4 Å². The molecule has 0 heterocycles. The van der Waals surface area contributed by atoms with Crippen LogP contribution in [0.3, 0.4) is 0 Å². The lowest BCUT2D eigenvalue weighted by Crippen LogP contribution is -2.34. The molecule has 0 bridgehead atoms. The first-order valence-corrected chi connectivity index (χ1v) is 7.82. The molecule has 1 aromatic carbocycles. The lowest BCUT2D eigenvalue weighted by molar-refractivity contribution is -0.144. The van der Waals surface area contributed by atoms with Gasteiger partial charge >= 0.3 is 5.97 Å². The Bertz CT molecular complexity index is 600. The molecule has 0 aliphatic heterocycles. The van der Waals surface area contributed by atoms with Crippen molar-refractivity contribution in [3.63, 3.8) is 0 Å². The minimum atomic E-state index is -3.69. The summed E-state index contributed by atoms with van der Waals surface area (Å²) in [7, 11) is -0.990. The van der Waals surface area contributed by atoms with Gasteiger partial charge in [-0.15, -0.1) is 0 Å². The molecule has 7 heteroatoms. The number of halogens is 1. The summed E-state index contributed by atoms with van der Waals surface area (Å²) in [5.74, 6) is -0.992. The van der Waals surface area contributed by atoms with Crippen molar-refractivity contribution in [1.29, 1.82) is 0 Å². The van der Waals surface area contributed by atoms with E-state index in [0.717, 1.165) is 4.31 Å². The lowest BCUT2D eigenvalue weighted by atomic mass is 10.2. The van der Waals surface area contributed by atoms with E-state index < -0.39 is 21.9 Å². The van der Waals surface area contributed by atoms with Crippen LogP contribution in [0.15, 0.2) is 23.1 Å². The number of ether oxygens (including phenoxy) is 1. The van der Waals surface area contributed by atoms with E-state index >= 15 is 0 Å². The molecule has 1 atom stereocenters. The third-order valence-electron chi connectivity index (χ3n) is 2.97. The second-order valence-corrected chi connectivity index (χ2v) is 7.07. The number of rotatable bonds is 5. The Morgan fingerprint density at radius 2 is 2.05 bits per heavy atom. The largest absolute Gasteiger partial charge is 0.469 e. The minimum Gasteiger partial charge on any atom is -0.469 e. The molecular formula is C13H18ClNO4S. The van der Waals surface area contributed by atoms with Gasteiger partial charge < -0.3 is 4.74 Å². The monoisotopic (exact) mass is 319 g/mol. The predicted octanol–water partition coefficient (Wildman–Crippen LogP) is 2.08. The smallest absolute Gasteiger partial charge is 0.309 e. The highest BCUT2D eigenvalue weighted by atomic mass is 35.5. The first-order chi connectivity index (χ1) is 9.20. The highest BCUT2D eigenvalue weighted by Gasteiger charge is 2.26. The normalized spacial score (nSPS) is 13.3. The van der Waals surface area contributed by atoms with Crippen molar-refractivity contribution < 1.29 is 17.9 Å². The van der Waals surface area contributed by atoms with Crippen LogP contribution < -0.4 is 0 Å². The SMILES string of the molecule is COC(=O)C(C)CN(C)S(=O)(=O)c1cc(Cl)ccc1C. The minimum absolute atomic E-state index is 0.0426. The van der Waals surface area contributed by atoms with Gasteiger partial charge in [-0.2, -0.15) is 0 Å². The Morgan fingerprint density at radius 3 is 2.60 bits per heavy atom. The summed E-state index contributed by atoms with van der Waals surface area (Å²) in [6.07, 6.45) is 0. The van der Waals surface area contributed by atoms with E-state index in [4.69, 9.17) is 11.6 Å². The van der Waals surface area contributed by atoms with Crippen LogP contribution in [-0.2, 0) is 19.6 Å². The number of methoxy groups -OCH3 is 1. The van der Waals surface area contributed by atoms with Crippen molar-refractivity contribution in [3.05, 3.63) is 28.8 Å². The summed E-state index contributed by atoms with van der Waals surface area (Å²) < 4.78 is 30.7. The molecule has 112 valence electrons. The van der Waals surface area contributed by atoms with E-state index in [0.29, 0.717) is 10.6 Å². The van der Waals surface area contributed by atoms with Gasteiger partial charge in [0.25, 0.3) is 0 Å². The van der Waals surface area contributed by atoms with Crippen LogP contribution in [0.2, 0.25) is 5.02 Å². The van der Waals surface area contributed by atoms with Crippen molar-refractivity contribution in [2.75, 3.05) is 20.7 Å².